The van der Waals surface area contributed by atoms with E-state index in [1.807, 2.05) is 0 Å². The van der Waals surface area contributed by atoms with Crippen molar-refractivity contribution in [3.8, 4) is 11.1 Å². The van der Waals surface area contributed by atoms with Crippen molar-refractivity contribution in [3.63, 3.8) is 0 Å². The lowest BCUT2D eigenvalue weighted by molar-refractivity contribution is 0.816. The van der Waals surface area contributed by atoms with Gasteiger partial charge in [0.1, 0.15) is 0 Å². The normalized spacial score (nSPS) is 14.7. The smallest absolute Gasteiger partial charge is 0.0996 e. The van der Waals surface area contributed by atoms with Crippen LogP contribution in [0.2, 0.25) is 0 Å². The molecular formula is C32H36N2. The molecule has 0 atom stereocenters. The number of hydrogen-bond donors (Lipinski definition) is 0. The summed E-state index contributed by atoms with van der Waals surface area (Å²) in [7, 11) is 0. The van der Waals surface area contributed by atoms with E-state index in [0.717, 1.165) is 6.67 Å². The van der Waals surface area contributed by atoms with Gasteiger partial charge in [0, 0.05) is 17.5 Å². The summed E-state index contributed by atoms with van der Waals surface area (Å²) in [5, 5.41) is 0. The minimum Gasteiger partial charge on any atom is -0.327 e. The van der Waals surface area contributed by atoms with Gasteiger partial charge in [0.15, 0.2) is 0 Å². The monoisotopic (exact) mass is 448 g/mol. The fourth-order valence-corrected chi connectivity index (χ4v) is 5.79. The zero-order chi connectivity index (χ0) is 24.1. The number of rotatable bonds is 4. The second-order valence-corrected chi connectivity index (χ2v) is 10.5. The van der Waals surface area contributed by atoms with Crippen molar-refractivity contribution in [2.45, 2.75) is 60.3 Å². The van der Waals surface area contributed by atoms with Gasteiger partial charge in [-0.2, -0.15) is 0 Å². The first-order valence-corrected chi connectivity index (χ1v) is 12.5. The van der Waals surface area contributed by atoms with Crippen molar-refractivity contribution in [2.24, 2.45) is 0 Å². The van der Waals surface area contributed by atoms with Crippen LogP contribution in [0, 0.1) is 20.8 Å². The van der Waals surface area contributed by atoms with E-state index in [1.165, 1.54) is 61.6 Å². The average Bonchev–Trinajstić information content (AvgIpc) is 3.22. The predicted octanol–water partition coefficient (Wildman–Crippen LogP) is 8.68. The number of para-hydroxylation sites is 2. The number of fused-ring (bicyclic) bond motifs is 3. The fraction of sp³-hybridized carbons (Fsp3) is 0.312. The summed E-state index contributed by atoms with van der Waals surface area (Å²) in [5.74, 6) is 0.946. The van der Waals surface area contributed by atoms with Crippen molar-refractivity contribution in [1.29, 1.82) is 0 Å². The molecule has 0 saturated carbocycles. The molecule has 0 saturated heterocycles. The molecule has 174 valence electrons. The number of nitrogens with zero attached hydrogens (tertiary/aromatic N) is 2. The zero-order valence-electron chi connectivity index (χ0n) is 21.6. The first kappa shape index (κ1) is 22.5. The topological polar surface area (TPSA) is 6.48 Å². The molecule has 0 N–H and O–H groups in total. The van der Waals surface area contributed by atoms with E-state index in [1.54, 1.807) is 0 Å². The van der Waals surface area contributed by atoms with Gasteiger partial charge in [0.25, 0.3) is 0 Å². The van der Waals surface area contributed by atoms with E-state index in [2.05, 4.69) is 125 Å². The van der Waals surface area contributed by atoms with Crippen LogP contribution in [-0.2, 0) is 0 Å². The molecule has 3 aromatic carbocycles. The summed E-state index contributed by atoms with van der Waals surface area (Å²) >= 11 is 0. The summed E-state index contributed by atoms with van der Waals surface area (Å²) in [6, 6.07) is 18.2. The summed E-state index contributed by atoms with van der Waals surface area (Å²) in [5.41, 5.74) is 14.8. The zero-order valence-corrected chi connectivity index (χ0v) is 21.6. The molecule has 0 spiro atoms. The van der Waals surface area contributed by atoms with Crippen LogP contribution in [0.1, 0.15) is 72.9 Å². The van der Waals surface area contributed by atoms with Gasteiger partial charge in [-0.3, -0.25) is 0 Å². The Bertz CT molecular complexity index is 1270. The van der Waals surface area contributed by atoms with Gasteiger partial charge in [0.2, 0.25) is 0 Å². The molecule has 34 heavy (non-hydrogen) atoms. The van der Waals surface area contributed by atoms with Crippen LogP contribution in [0.25, 0.3) is 17.2 Å². The highest BCUT2D eigenvalue weighted by Gasteiger charge is 2.31. The van der Waals surface area contributed by atoms with E-state index in [9.17, 15) is 0 Å². The van der Waals surface area contributed by atoms with E-state index >= 15 is 0 Å². The van der Waals surface area contributed by atoms with Crippen molar-refractivity contribution < 1.29 is 0 Å². The van der Waals surface area contributed by atoms with Crippen molar-refractivity contribution in [1.82, 2.24) is 0 Å². The summed E-state index contributed by atoms with van der Waals surface area (Å²) in [6.45, 7) is 16.7. The van der Waals surface area contributed by atoms with Crippen molar-refractivity contribution in [2.75, 3.05) is 16.5 Å². The van der Waals surface area contributed by atoms with Gasteiger partial charge in [0.05, 0.1) is 18.1 Å². The Kier molecular flexibility index (Phi) is 5.64. The molecule has 0 bridgehead atoms. The van der Waals surface area contributed by atoms with Crippen molar-refractivity contribution >= 4 is 17.5 Å². The van der Waals surface area contributed by atoms with Gasteiger partial charge in [-0.05, 0) is 72.1 Å². The van der Waals surface area contributed by atoms with Crippen LogP contribution in [-0.4, -0.2) is 6.67 Å². The van der Waals surface area contributed by atoms with E-state index in [4.69, 9.17) is 0 Å². The Labute approximate surface area is 205 Å². The molecule has 3 aromatic rings. The standard InChI is InChI=1S/C32H36N2/c1-20(2)27-11-9-12-28(21(3)4)32(27)33-18-26-15-14-25-10-8-13-29(31(25)34(26)19-33)30-23(6)16-22(5)17-24(30)7/h8-18,20-21H,19H2,1-7H3. The van der Waals surface area contributed by atoms with Gasteiger partial charge >= 0.3 is 0 Å². The second kappa shape index (κ2) is 8.51. The first-order chi connectivity index (χ1) is 16.3. The molecule has 0 aliphatic carbocycles. The molecule has 5 rings (SSSR count). The van der Waals surface area contributed by atoms with Crippen LogP contribution in [0.3, 0.4) is 0 Å². The SMILES string of the molecule is Cc1cc(C)c(-c2cccc3c2N2CN(c4c(C(C)C)cccc4C(C)C)C=C2C=C3)c(C)c1. The summed E-state index contributed by atoms with van der Waals surface area (Å²) in [6.07, 6.45) is 6.90. The Morgan fingerprint density at radius 1 is 0.735 bits per heavy atom. The largest absolute Gasteiger partial charge is 0.327 e. The molecule has 2 aliphatic heterocycles. The quantitative estimate of drug-likeness (QED) is 0.394. The molecule has 2 heteroatoms. The van der Waals surface area contributed by atoms with Crippen LogP contribution in [0.5, 0.6) is 0 Å². The van der Waals surface area contributed by atoms with Gasteiger partial charge in [-0.25, -0.2) is 0 Å². The molecule has 2 aliphatic rings. The second-order valence-electron chi connectivity index (χ2n) is 10.5. The minimum absolute atomic E-state index is 0.473. The third-order valence-corrected chi connectivity index (χ3v) is 7.24. The Morgan fingerprint density at radius 2 is 1.35 bits per heavy atom. The van der Waals surface area contributed by atoms with Gasteiger partial charge in [-0.15, -0.1) is 0 Å². The lowest BCUT2D eigenvalue weighted by atomic mass is 9.90. The number of aryl methyl sites for hydroxylation is 3. The van der Waals surface area contributed by atoms with E-state index in [0.29, 0.717) is 11.8 Å². The Balaban J connectivity index is 1.65. The van der Waals surface area contributed by atoms with Crippen LogP contribution >= 0.6 is 0 Å². The molecule has 0 amide bonds. The number of hydrogen-bond acceptors (Lipinski definition) is 2. The maximum absolute atomic E-state index is 2.50. The third-order valence-electron chi connectivity index (χ3n) is 7.24. The maximum atomic E-state index is 2.50. The first-order valence-electron chi connectivity index (χ1n) is 12.5. The summed E-state index contributed by atoms with van der Waals surface area (Å²) < 4.78 is 0. The number of benzene rings is 3. The van der Waals surface area contributed by atoms with Crippen LogP contribution < -0.4 is 9.80 Å². The minimum atomic E-state index is 0.473. The molecule has 0 aromatic heterocycles. The molecule has 0 unspecified atom stereocenters. The van der Waals surface area contributed by atoms with Crippen LogP contribution in [0.15, 0.2) is 66.5 Å². The number of anilines is 2. The predicted molar refractivity (Wildman–Crippen MR) is 148 cm³/mol. The lowest BCUT2D eigenvalue weighted by Gasteiger charge is -2.32. The van der Waals surface area contributed by atoms with E-state index < -0.39 is 0 Å². The number of allylic oxidation sites excluding steroid dienone is 1. The highest BCUT2D eigenvalue weighted by atomic mass is 15.4. The highest BCUT2D eigenvalue weighted by Crippen LogP contribution is 2.45. The summed E-state index contributed by atoms with van der Waals surface area (Å²) in [4.78, 5) is 4.98. The molecule has 2 nitrogen and oxygen atoms in total. The Morgan fingerprint density at radius 3 is 1.97 bits per heavy atom. The molecular weight excluding hydrogens is 412 g/mol. The van der Waals surface area contributed by atoms with Crippen molar-refractivity contribution in [3.05, 3.63) is 99.9 Å². The molecule has 2 heterocycles. The third kappa shape index (κ3) is 3.66. The van der Waals surface area contributed by atoms with Crippen LogP contribution in [0.4, 0.5) is 11.4 Å². The van der Waals surface area contributed by atoms with Gasteiger partial charge < -0.3 is 9.80 Å². The lowest BCUT2D eigenvalue weighted by Crippen LogP contribution is -2.29. The maximum Gasteiger partial charge on any atom is 0.0996 e. The molecule has 0 fully saturated rings. The Hall–Kier alpha value is -3.26. The fourth-order valence-electron chi connectivity index (χ4n) is 5.79. The highest BCUT2D eigenvalue weighted by molar-refractivity contribution is 5.92. The van der Waals surface area contributed by atoms with Gasteiger partial charge in [-0.1, -0.05) is 87.9 Å². The van der Waals surface area contributed by atoms with E-state index in [-0.39, 0.29) is 0 Å². The average molecular weight is 449 g/mol. The molecule has 0 radical (unpaired) electrons.